The van der Waals surface area contributed by atoms with Crippen molar-refractivity contribution >= 4 is 40.2 Å². The topological polar surface area (TPSA) is 68.7 Å². The predicted octanol–water partition coefficient (Wildman–Crippen LogP) is 4.50. The minimum Gasteiger partial charge on any atom is -0.496 e. The van der Waals surface area contributed by atoms with Crippen molar-refractivity contribution in [1.82, 2.24) is 4.98 Å². The molecule has 3 rings (SSSR count). The number of imide groups is 1. The molecule has 0 N–H and O–H groups in total. The van der Waals surface area contributed by atoms with Gasteiger partial charge < -0.3 is 9.47 Å². The van der Waals surface area contributed by atoms with E-state index in [1.54, 1.807) is 54.7 Å². The van der Waals surface area contributed by atoms with Crippen LogP contribution in [0.25, 0.3) is 0 Å². The molecule has 1 heterocycles. The number of para-hydroxylation sites is 2. The number of hydrogen-bond donors (Lipinski definition) is 0. The Morgan fingerprint density at radius 3 is 1.83 bits per heavy atom. The summed E-state index contributed by atoms with van der Waals surface area (Å²) >= 11 is 2.14. The van der Waals surface area contributed by atoms with Crippen LogP contribution in [0.1, 0.15) is 26.3 Å². The number of aryl methyl sites for hydroxylation is 1. The van der Waals surface area contributed by atoms with Gasteiger partial charge in [-0.15, -0.1) is 0 Å². The van der Waals surface area contributed by atoms with E-state index in [9.17, 15) is 9.59 Å². The number of rotatable bonds is 5. The summed E-state index contributed by atoms with van der Waals surface area (Å²) in [4.78, 5) is 32.5. The van der Waals surface area contributed by atoms with Crippen LogP contribution in [0, 0.1) is 10.5 Å². The predicted molar refractivity (Wildman–Crippen MR) is 119 cm³/mol. The van der Waals surface area contributed by atoms with Crippen LogP contribution in [0.15, 0.2) is 60.8 Å². The summed E-state index contributed by atoms with van der Waals surface area (Å²) in [6.07, 6.45) is 1.61. The van der Waals surface area contributed by atoms with Crippen LogP contribution in [0.2, 0.25) is 0 Å². The van der Waals surface area contributed by atoms with Crippen LogP contribution in [0.4, 0.5) is 5.82 Å². The quantitative estimate of drug-likeness (QED) is 0.380. The lowest BCUT2D eigenvalue weighted by atomic mass is 10.1. The Labute approximate surface area is 182 Å². The molecule has 0 spiro atoms. The van der Waals surface area contributed by atoms with Crippen molar-refractivity contribution in [3.8, 4) is 11.5 Å². The number of anilines is 1. The Hall–Kier alpha value is -2.94. The molecule has 0 atom stereocenters. The van der Waals surface area contributed by atoms with E-state index in [4.69, 9.17) is 9.47 Å². The first-order chi connectivity index (χ1) is 14.0. The highest BCUT2D eigenvalue weighted by molar-refractivity contribution is 14.1. The van der Waals surface area contributed by atoms with Crippen molar-refractivity contribution in [2.24, 2.45) is 0 Å². The van der Waals surface area contributed by atoms with E-state index >= 15 is 0 Å². The molecule has 0 aliphatic rings. The minimum atomic E-state index is -0.532. The summed E-state index contributed by atoms with van der Waals surface area (Å²) in [7, 11) is 2.96. The van der Waals surface area contributed by atoms with Gasteiger partial charge in [0, 0.05) is 9.77 Å². The van der Waals surface area contributed by atoms with Crippen LogP contribution in [-0.4, -0.2) is 31.0 Å². The third kappa shape index (κ3) is 4.24. The first kappa shape index (κ1) is 20.8. The molecule has 148 valence electrons. The van der Waals surface area contributed by atoms with E-state index in [-0.39, 0.29) is 16.9 Å². The maximum absolute atomic E-state index is 13.5. The van der Waals surface area contributed by atoms with Crippen molar-refractivity contribution in [2.75, 3.05) is 19.1 Å². The molecule has 0 bridgehead atoms. The van der Waals surface area contributed by atoms with Gasteiger partial charge in [0.2, 0.25) is 0 Å². The fraction of sp³-hybridized carbons (Fsp3) is 0.136. The number of carbonyl (C=O) groups is 2. The molecule has 0 saturated carbocycles. The van der Waals surface area contributed by atoms with Crippen LogP contribution in [-0.2, 0) is 0 Å². The highest BCUT2D eigenvalue weighted by atomic mass is 127. The van der Waals surface area contributed by atoms with Crippen LogP contribution in [0.5, 0.6) is 11.5 Å². The number of ether oxygens (including phenoxy) is 2. The minimum absolute atomic E-state index is 0.261. The number of benzene rings is 2. The summed E-state index contributed by atoms with van der Waals surface area (Å²) < 4.78 is 11.6. The molecule has 0 radical (unpaired) electrons. The van der Waals surface area contributed by atoms with Gasteiger partial charge in [0.05, 0.1) is 25.3 Å². The van der Waals surface area contributed by atoms with E-state index < -0.39 is 11.8 Å². The maximum atomic E-state index is 13.5. The Morgan fingerprint density at radius 2 is 1.38 bits per heavy atom. The lowest BCUT2D eigenvalue weighted by molar-refractivity contribution is 0.0893. The van der Waals surface area contributed by atoms with E-state index in [0.717, 1.165) is 8.47 Å². The third-order valence-corrected chi connectivity index (χ3v) is 4.90. The van der Waals surface area contributed by atoms with Crippen molar-refractivity contribution in [3.63, 3.8) is 0 Å². The third-order valence-electron chi connectivity index (χ3n) is 4.31. The lowest BCUT2D eigenvalue weighted by Gasteiger charge is -2.23. The molecule has 3 aromatic rings. The van der Waals surface area contributed by atoms with Gasteiger partial charge in [0.15, 0.2) is 0 Å². The molecule has 0 saturated heterocycles. The number of halogens is 1. The van der Waals surface area contributed by atoms with Gasteiger partial charge in [0.1, 0.15) is 17.3 Å². The second-order valence-electron chi connectivity index (χ2n) is 6.14. The fourth-order valence-corrected chi connectivity index (χ4v) is 3.54. The highest BCUT2D eigenvalue weighted by Crippen LogP contribution is 2.29. The second kappa shape index (κ2) is 9.04. The van der Waals surface area contributed by atoms with Crippen LogP contribution >= 0.6 is 22.6 Å². The first-order valence-electron chi connectivity index (χ1n) is 8.75. The van der Waals surface area contributed by atoms with Gasteiger partial charge in [-0.05, 0) is 65.4 Å². The van der Waals surface area contributed by atoms with E-state index in [1.165, 1.54) is 14.2 Å². The average Bonchev–Trinajstić information content (AvgIpc) is 2.75. The smallest absolute Gasteiger partial charge is 0.270 e. The van der Waals surface area contributed by atoms with Gasteiger partial charge in [0.25, 0.3) is 11.8 Å². The summed E-state index contributed by atoms with van der Waals surface area (Å²) in [5, 5.41) is 0. The second-order valence-corrected chi connectivity index (χ2v) is 7.39. The Morgan fingerprint density at radius 1 is 0.897 bits per heavy atom. The summed E-state index contributed by atoms with van der Waals surface area (Å²) in [6, 6.07) is 15.4. The highest BCUT2D eigenvalue weighted by Gasteiger charge is 2.31. The monoisotopic (exact) mass is 502 g/mol. The van der Waals surface area contributed by atoms with E-state index in [2.05, 4.69) is 27.6 Å². The number of methoxy groups -OCH3 is 2. The number of nitrogens with zero attached hydrogens (tertiary/aromatic N) is 2. The standard InChI is InChI=1S/C22H19IN2O4/c1-14-12-15(23)13-24-20(14)25(21(26)16-8-4-6-10-18(16)28-2)22(27)17-9-5-7-11-19(17)29-3/h4-13H,1-3H3. The van der Waals surface area contributed by atoms with Gasteiger partial charge in [-0.3, -0.25) is 9.59 Å². The molecule has 2 aromatic carbocycles. The molecule has 7 heteroatoms. The summed E-state index contributed by atoms with van der Waals surface area (Å²) in [6.45, 7) is 1.81. The van der Waals surface area contributed by atoms with Crippen molar-refractivity contribution in [1.29, 1.82) is 0 Å². The van der Waals surface area contributed by atoms with Crippen LogP contribution < -0.4 is 14.4 Å². The van der Waals surface area contributed by atoms with Crippen molar-refractivity contribution < 1.29 is 19.1 Å². The van der Waals surface area contributed by atoms with Gasteiger partial charge in [-0.2, -0.15) is 0 Å². The van der Waals surface area contributed by atoms with E-state index in [1.807, 2.05) is 13.0 Å². The van der Waals surface area contributed by atoms with Crippen molar-refractivity contribution in [2.45, 2.75) is 6.92 Å². The Kier molecular flexibility index (Phi) is 6.48. The molecule has 1 aromatic heterocycles. The number of carbonyl (C=O) groups excluding carboxylic acids is 2. The van der Waals surface area contributed by atoms with Crippen LogP contribution in [0.3, 0.4) is 0 Å². The zero-order chi connectivity index (χ0) is 21.0. The zero-order valence-electron chi connectivity index (χ0n) is 16.2. The molecule has 29 heavy (non-hydrogen) atoms. The largest absolute Gasteiger partial charge is 0.496 e. The zero-order valence-corrected chi connectivity index (χ0v) is 18.3. The molecular formula is C22H19IN2O4. The molecular weight excluding hydrogens is 483 g/mol. The maximum Gasteiger partial charge on any atom is 0.270 e. The molecule has 0 fully saturated rings. The number of hydrogen-bond acceptors (Lipinski definition) is 5. The molecule has 0 unspecified atom stereocenters. The van der Waals surface area contributed by atoms with Crippen molar-refractivity contribution in [3.05, 3.63) is 81.1 Å². The summed E-state index contributed by atoms with van der Waals surface area (Å²) in [5.41, 5.74) is 1.22. The Balaban J connectivity index is 2.19. The number of pyridine rings is 1. The number of aromatic nitrogens is 1. The molecule has 2 amide bonds. The SMILES string of the molecule is COc1ccccc1C(=O)N(C(=O)c1ccccc1OC)c1ncc(I)cc1C. The van der Waals surface area contributed by atoms with E-state index in [0.29, 0.717) is 17.1 Å². The molecule has 0 aliphatic carbocycles. The molecule has 0 aliphatic heterocycles. The normalized spacial score (nSPS) is 10.3. The van der Waals surface area contributed by atoms with Gasteiger partial charge >= 0.3 is 0 Å². The number of amides is 2. The molecule has 6 nitrogen and oxygen atoms in total. The summed E-state index contributed by atoms with van der Waals surface area (Å²) in [5.74, 6) is -0.0560. The first-order valence-corrected chi connectivity index (χ1v) is 9.82. The van der Waals surface area contributed by atoms with Gasteiger partial charge in [-0.1, -0.05) is 24.3 Å². The Bertz CT molecular complexity index is 1010. The van der Waals surface area contributed by atoms with Gasteiger partial charge in [-0.25, -0.2) is 9.88 Å². The lowest BCUT2D eigenvalue weighted by Crippen LogP contribution is -2.38. The fourth-order valence-electron chi connectivity index (χ4n) is 2.94. The average molecular weight is 502 g/mol.